The summed E-state index contributed by atoms with van der Waals surface area (Å²) >= 11 is 1.75. The minimum atomic E-state index is -1.05. The smallest absolute Gasteiger partial charge is 0.230 e. The van der Waals surface area contributed by atoms with E-state index in [1.54, 1.807) is 23.9 Å². The van der Waals surface area contributed by atoms with E-state index in [4.69, 9.17) is 14.2 Å². The second-order valence-electron chi connectivity index (χ2n) is 12.2. The normalized spacial score (nSPS) is 26.7. The van der Waals surface area contributed by atoms with Gasteiger partial charge >= 0.3 is 0 Å². The average Bonchev–Trinajstić information content (AvgIpc) is 3.06. The van der Waals surface area contributed by atoms with E-state index in [0.717, 1.165) is 73.3 Å². The fourth-order valence-electron chi connectivity index (χ4n) is 7.48. The van der Waals surface area contributed by atoms with Crippen LogP contribution in [0.3, 0.4) is 0 Å². The molecule has 1 fully saturated rings. The maximum atomic E-state index is 14.2. The molecule has 7 nitrogen and oxygen atoms in total. The van der Waals surface area contributed by atoms with Crippen molar-refractivity contribution in [1.29, 1.82) is 0 Å². The lowest BCUT2D eigenvalue weighted by molar-refractivity contribution is -0.227. The number of hydrogen-bond donors (Lipinski definition) is 2. The molecule has 8 heteroatoms. The molecule has 45 heavy (non-hydrogen) atoms. The average molecular weight is 634 g/mol. The zero-order chi connectivity index (χ0) is 31.6. The molecule has 6 atom stereocenters. The summed E-state index contributed by atoms with van der Waals surface area (Å²) in [6.45, 7) is 8.75. The number of aliphatic hydroxyl groups excluding tert-OH is 2. The van der Waals surface area contributed by atoms with Gasteiger partial charge in [-0.25, -0.2) is 0 Å². The summed E-state index contributed by atoms with van der Waals surface area (Å²) in [6.07, 6.45) is 15.5. The molecule has 0 amide bonds. The maximum Gasteiger partial charge on any atom is 0.230 e. The van der Waals surface area contributed by atoms with Crippen molar-refractivity contribution < 1.29 is 29.2 Å². The number of allylic oxidation sites excluding steroid dienone is 1. The number of nitrogens with zero attached hydrogens (tertiary/aromatic N) is 1. The number of ketones is 1. The first-order chi connectivity index (χ1) is 22.1. The van der Waals surface area contributed by atoms with Crippen LogP contribution >= 0.6 is 11.8 Å². The van der Waals surface area contributed by atoms with Crippen LogP contribution in [0.5, 0.6) is 11.5 Å². The highest BCUT2D eigenvalue weighted by Crippen LogP contribution is 2.62. The molecule has 2 N–H and O–H groups in total. The quantitative estimate of drug-likeness (QED) is 0.143. The number of Topliss-reactive ketones (excluding diaryl/α,β-unsaturated/α-hetero) is 1. The monoisotopic (exact) mass is 633 g/mol. The number of aliphatic hydroxyl groups is 2. The van der Waals surface area contributed by atoms with E-state index in [0.29, 0.717) is 19.6 Å². The van der Waals surface area contributed by atoms with E-state index in [1.807, 2.05) is 36.7 Å². The number of unbranched alkanes of at least 4 members (excludes halogenated alkanes) is 2. The molecule has 0 radical (unpaired) electrons. The van der Waals surface area contributed by atoms with Gasteiger partial charge in [0.2, 0.25) is 5.79 Å². The van der Waals surface area contributed by atoms with Crippen LogP contribution in [0.2, 0.25) is 0 Å². The number of rotatable bonds is 18. The molecule has 0 bridgehead atoms. The van der Waals surface area contributed by atoms with Crippen molar-refractivity contribution in [3.05, 3.63) is 90.8 Å². The number of thioether (sulfide) groups is 1. The number of aryl methyl sites for hydroxylation is 1. The Hall–Kier alpha value is -2.91. The lowest BCUT2D eigenvalue weighted by Crippen LogP contribution is -2.64. The van der Waals surface area contributed by atoms with Crippen LogP contribution in [0.15, 0.2) is 79.7 Å². The van der Waals surface area contributed by atoms with Gasteiger partial charge in [-0.05, 0) is 85.6 Å². The van der Waals surface area contributed by atoms with E-state index in [-0.39, 0.29) is 47.9 Å². The lowest BCUT2D eigenvalue weighted by atomic mass is 9.56. The fourth-order valence-corrected chi connectivity index (χ4v) is 8.89. The Balaban J connectivity index is 1.61. The van der Waals surface area contributed by atoms with E-state index >= 15 is 0 Å². The van der Waals surface area contributed by atoms with Gasteiger partial charge < -0.3 is 24.4 Å². The number of fused-ring (bicyclic) bond motifs is 2. The summed E-state index contributed by atoms with van der Waals surface area (Å²) < 4.78 is 19.8. The van der Waals surface area contributed by atoms with Gasteiger partial charge in [0.15, 0.2) is 5.78 Å². The van der Waals surface area contributed by atoms with Crippen LogP contribution in [0.1, 0.15) is 62.0 Å². The van der Waals surface area contributed by atoms with Gasteiger partial charge in [-0.2, -0.15) is 11.8 Å². The third-order valence-electron chi connectivity index (χ3n) is 9.43. The molecule has 3 aliphatic rings. The summed E-state index contributed by atoms with van der Waals surface area (Å²) in [5.41, 5.74) is 3.06. The molecule has 1 aromatic heterocycles. The van der Waals surface area contributed by atoms with Gasteiger partial charge in [0, 0.05) is 49.1 Å². The molecule has 1 aromatic carbocycles. The summed E-state index contributed by atoms with van der Waals surface area (Å²) in [4.78, 5) is 18.3. The van der Waals surface area contributed by atoms with Crippen molar-refractivity contribution in [2.24, 2.45) is 17.8 Å². The molecule has 2 aliphatic carbocycles. The van der Waals surface area contributed by atoms with Crippen molar-refractivity contribution in [2.45, 2.75) is 68.3 Å². The van der Waals surface area contributed by atoms with Crippen molar-refractivity contribution in [3.63, 3.8) is 0 Å². The predicted molar refractivity (Wildman–Crippen MR) is 179 cm³/mol. The van der Waals surface area contributed by atoms with Crippen LogP contribution in [0.4, 0.5) is 0 Å². The van der Waals surface area contributed by atoms with Gasteiger partial charge in [-0.3, -0.25) is 9.78 Å². The Morgan fingerprint density at radius 2 is 1.78 bits per heavy atom. The molecule has 2 heterocycles. The SMILES string of the molecule is C=CCOc1ccc2c(c1)[C@H]1[C@H](CCCCO)[C@@H](CCCCO)C=C3C(=O)C[C@H](SCCc4ccncc4)[C@@](OCC=C)(O2)[C@H]31. The Morgan fingerprint density at radius 3 is 2.51 bits per heavy atom. The van der Waals surface area contributed by atoms with E-state index in [1.165, 1.54) is 5.56 Å². The van der Waals surface area contributed by atoms with E-state index < -0.39 is 5.79 Å². The van der Waals surface area contributed by atoms with E-state index in [9.17, 15) is 15.0 Å². The first-order valence-corrected chi connectivity index (χ1v) is 17.4. The van der Waals surface area contributed by atoms with E-state index in [2.05, 4.69) is 30.3 Å². The van der Waals surface area contributed by atoms with Gasteiger partial charge in [-0.15, -0.1) is 6.58 Å². The second kappa shape index (κ2) is 16.1. The third-order valence-corrected chi connectivity index (χ3v) is 10.8. The van der Waals surface area contributed by atoms with Crippen molar-refractivity contribution >= 4 is 17.5 Å². The molecule has 1 saturated carbocycles. The number of ether oxygens (including phenoxy) is 3. The van der Waals surface area contributed by atoms with Gasteiger partial charge in [-0.1, -0.05) is 37.6 Å². The zero-order valence-corrected chi connectivity index (χ0v) is 27.0. The second-order valence-corrected chi connectivity index (χ2v) is 13.5. The molecule has 242 valence electrons. The first kappa shape index (κ1) is 33.5. The van der Waals surface area contributed by atoms with Crippen LogP contribution in [-0.4, -0.2) is 64.2 Å². The number of carbonyl (C=O) groups excluding carboxylic acids is 1. The molecular formula is C37H47NO6S. The molecule has 5 rings (SSSR count). The molecular weight excluding hydrogens is 586 g/mol. The Labute approximate surface area is 271 Å². The first-order valence-electron chi connectivity index (χ1n) is 16.3. The summed E-state index contributed by atoms with van der Waals surface area (Å²) in [7, 11) is 0. The molecule has 0 spiro atoms. The van der Waals surface area contributed by atoms with Crippen LogP contribution in [0, 0.1) is 17.8 Å². The molecule has 0 saturated heterocycles. The molecule has 0 unspecified atom stereocenters. The zero-order valence-electron chi connectivity index (χ0n) is 26.1. The fraction of sp³-hybridized carbons (Fsp3) is 0.514. The standard InChI is InChI=1S/C37H47NO6S/c1-3-20-42-28-11-12-33-31(24-28)35-29(10-6-8-19-40)27(9-5-7-18-39)23-30-32(41)25-34(37(44-33,36(30)35)43-21-4-2)45-22-15-26-13-16-38-17-14-26/h3-4,11-14,16-17,23-24,27,29,34-36,39-40H,1-2,5-10,15,18-22,25H2/t27-,29+,34-,35+,36+,37+/m0/s1. The highest BCUT2D eigenvalue weighted by molar-refractivity contribution is 8.00. The molecule has 1 aliphatic heterocycles. The minimum Gasteiger partial charge on any atom is -0.490 e. The highest BCUT2D eigenvalue weighted by atomic mass is 32.2. The van der Waals surface area contributed by atoms with Crippen molar-refractivity contribution in [3.8, 4) is 11.5 Å². The van der Waals surface area contributed by atoms with Gasteiger partial charge in [0.05, 0.1) is 17.8 Å². The third kappa shape index (κ3) is 7.40. The topological polar surface area (TPSA) is 98.1 Å². The summed E-state index contributed by atoms with van der Waals surface area (Å²) in [5.74, 6) is 1.44. The van der Waals surface area contributed by atoms with Crippen LogP contribution < -0.4 is 9.47 Å². The maximum absolute atomic E-state index is 14.2. The Morgan fingerprint density at radius 1 is 1.02 bits per heavy atom. The summed E-state index contributed by atoms with van der Waals surface area (Å²) in [5, 5.41) is 19.0. The van der Waals surface area contributed by atoms with Gasteiger partial charge in [0.1, 0.15) is 18.1 Å². The number of pyridine rings is 1. The Bertz CT molecular complexity index is 1330. The van der Waals surface area contributed by atoms with Crippen LogP contribution in [0.25, 0.3) is 0 Å². The number of hydrogen-bond acceptors (Lipinski definition) is 8. The number of carbonyl (C=O) groups is 1. The number of benzene rings is 1. The molecule has 2 aromatic rings. The minimum absolute atomic E-state index is 0.0452. The lowest BCUT2D eigenvalue weighted by Gasteiger charge is -2.58. The van der Waals surface area contributed by atoms with Crippen molar-refractivity contribution in [1.82, 2.24) is 4.98 Å². The van der Waals surface area contributed by atoms with Gasteiger partial charge in [0.25, 0.3) is 0 Å². The largest absolute Gasteiger partial charge is 0.490 e. The van der Waals surface area contributed by atoms with Crippen LogP contribution in [-0.2, 0) is 16.0 Å². The number of aromatic nitrogens is 1. The predicted octanol–water partition coefficient (Wildman–Crippen LogP) is 6.45. The van der Waals surface area contributed by atoms with Crippen molar-refractivity contribution in [2.75, 3.05) is 32.2 Å². The summed E-state index contributed by atoms with van der Waals surface area (Å²) in [6, 6.07) is 10.1. The highest BCUT2D eigenvalue weighted by Gasteiger charge is 2.64. The Kier molecular flexibility index (Phi) is 12.0.